The summed E-state index contributed by atoms with van der Waals surface area (Å²) in [5, 5.41) is 0. The van der Waals surface area contributed by atoms with Crippen LogP contribution in [0.15, 0.2) is 51.5 Å². The largest absolute Gasteiger partial charge is 0.486 e. The molecule has 0 N–H and O–H groups in total. The third-order valence-corrected chi connectivity index (χ3v) is 6.42. The summed E-state index contributed by atoms with van der Waals surface area (Å²) < 4.78 is 44.5. The highest BCUT2D eigenvalue weighted by atomic mass is 32.2. The maximum absolute atomic E-state index is 13.2. The van der Waals surface area contributed by atoms with Gasteiger partial charge >= 0.3 is 0 Å². The molecule has 3 heterocycles. The number of hydrogen-bond acceptors (Lipinski definition) is 5. The molecular formula is C18H19NO5S. The van der Waals surface area contributed by atoms with E-state index >= 15 is 0 Å². The number of ether oxygens (including phenoxy) is 2. The number of hydrogen-bond donors (Lipinski definition) is 0. The molecule has 0 atom stereocenters. The third-order valence-electron chi connectivity index (χ3n) is 4.55. The summed E-state index contributed by atoms with van der Waals surface area (Å²) >= 11 is 0. The molecule has 0 bridgehead atoms. The Hall–Kier alpha value is -2.25. The maximum atomic E-state index is 13.2. The van der Waals surface area contributed by atoms with E-state index in [2.05, 4.69) is 0 Å². The number of nitrogens with zero attached hydrogens (tertiary/aromatic N) is 1. The Morgan fingerprint density at radius 2 is 1.92 bits per heavy atom. The maximum Gasteiger partial charge on any atom is 0.247 e. The zero-order valence-corrected chi connectivity index (χ0v) is 14.7. The van der Waals surface area contributed by atoms with Crippen molar-refractivity contribution in [1.29, 1.82) is 0 Å². The zero-order chi connectivity index (χ0) is 17.4. The van der Waals surface area contributed by atoms with E-state index in [9.17, 15) is 8.42 Å². The quantitative estimate of drug-likeness (QED) is 0.841. The van der Waals surface area contributed by atoms with Crippen LogP contribution in [0.1, 0.15) is 19.1 Å². The van der Waals surface area contributed by atoms with Gasteiger partial charge in [0, 0.05) is 18.7 Å². The molecule has 1 aromatic heterocycles. The molecule has 2 aromatic rings. The van der Waals surface area contributed by atoms with Crippen LogP contribution in [0.4, 0.5) is 0 Å². The average molecular weight is 361 g/mol. The molecule has 2 aliphatic heterocycles. The summed E-state index contributed by atoms with van der Waals surface area (Å²) in [6.07, 6.45) is 2.27. The smallest absolute Gasteiger partial charge is 0.247 e. The van der Waals surface area contributed by atoms with Gasteiger partial charge in [-0.25, -0.2) is 8.42 Å². The highest BCUT2D eigenvalue weighted by Gasteiger charge is 2.33. The summed E-state index contributed by atoms with van der Waals surface area (Å²) in [7, 11) is -3.70. The minimum Gasteiger partial charge on any atom is -0.486 e. The SMILES string of the molecule is CC1=C(c2ccco2)CN(S(=O)(=O)c2cccc3c2OCCO3)CC1. The van der Waals surface area contributed by atoms with Gasteiger partial charge in [0.05, 0.1) is 6.26 Å². The second-order valence-corrected chi connectivity index (χ2v) is 8.01. The van der Waals surface area contributed by atoms with Crippen LogP contribution in [0.5, 0.6) is 11.5 Å². The lowest BCUT2D eigenvalue weighted by atomic mass is 10.0. The van der Waals surface area contributed by atoms with E-state index in [4.69, 9.17) is 13.9 Å². The van der Waals surface area contributed by atoms with Gasteiger partial charge in [0.25, 0.3) is 0 Å². The zero-order valence-electron chi connectivity index (χ0n) is 13.9. The van der Waals surface area contributed by atoms with Crippen molar-refractivity contribution in [2.45, 2.75) is 18.2 Å². The van der Waals surface area contributed by atoms with Gasteiger partial charge in [-0.15, -0.1) is 0 Å². The van der Waals surface area contributed by atoms with Crippen LogP contribution in [0.2, 0.25) is 0 Å². The summed E-state index contributed by atoms with van der Waals surface area (Å²) in [4.78, 5) is 0.156. The minimum atomic E-state index is -3.70. The molecule has 7 heteroatoms. The van der Waals surface area contributed by atoms with Gasteiger partial charge < -0.3 is 13.9 Å². The first kappa shape index (κ1) is 16.2. The van der Waals surface area contributed by atoms with Crippen LogP contribution in [0, 0.1) is 0 Å². The molecule has 132 valence electrons. The van der Waals surface area contributed by atoms with E-state index in [1.807, 2.05) is 19.1 Å². The molecule has 0 aliphatic carbocycles. The van der Waals surface area contributed by atoms with Gasteiger partial charge in [0.15, 0.2) is 11.5 Å². The predicted molar refractivity (Wildman–Crippen MR) is 92.1 cm³/mol. The number of para-hydroxylation sites is 1. The molecule has 0 spiro atoms. The summed E-state index contributed by atoms with van der Waals surface area (Å²) in [5.74, 6) is 1.49. The molecule has 2 aliphatic rings. The number of furan rings is 1. The lowest BCUT2D eigenvalue weighted by Gasteiger charge is -2.30. The van der Waals surface area contributed by atoms with Crippen molar-refractivity contribution >= 4 is 15.6 Å². The fraction of sp³-hybridized carbons (Fsp3) is 0.333. The van der Waals surface area contributed by atoms with Crippen LogP contribution >= 0.6 is 0 Å². The van der Waals surface area contributed by atoms with Gasteiger partial charge in [-0.05, 0) is 37.6 Å². The standard InChI is InChI=1S/C18H19NO5S/c1-13-7-8-19(12-14(13)15-5-3-9-22-15)25(20,21)17-6-2-4-16-18(17)24-11-10-23-16/h2-6,9H,7-8,10-12H2,1H3. The summed E-state index contributed by atoms with van der Waals surface area (Å²) in [6, 6.07) is 8.64. The Balaban J connectivity index is 1.70. The van der Waals surface area contributed by atoms with E-state index in [0.717, 1.165) is 11.1 Å². The van der Waals surface area contributed by atoms with Crippen LogP contribution in [-0.2, 0) is 10.0 Å². The number of fused-ring (bicyclic) bond motifs is 1. The molecule has 0 radical (unpaired) electrons. The Morgan fingerprint density at radius 1 is 1.08 bits per heavy atom. The number of rotatable bonds is 3. The third kappa shape index (κ3) is 2.83. The topological polar surface area (TPSA) is 69.0 Å². The Kier molecular flexibility index (Phi) is 4.05. The van der Waals surface area contributed by atoms with Crippen molar-refractivity contribution in [1.82, 2.24) is 4.31 Å². The van der Waals surface area contributed by atoms with E-state index in [-0.39, 0.29) is 11.4 Å². The first-order valence-electron chi connectivity index (χ1n) is 8.18. The van der Waals surface area contributed by atoms with E-state index in [0.29, 0.717) is 43.4 Å². The molecule has 0 saturated carbocycles. The van der Waals surface area contributed by atoms with Crippen molar-refractivity contribution in [2.24, 2.45) is 0 Å². The Labute approximate surface area is 146 Å². The Morgan fingerprint density at radius 3 is 2.72 bits per heavy atom. The second-order valence-electron chi connectivity index (χ2n) is 6.11. The van der Waals surface area contributed by atoms with Crippen LogP contribution in [0.25, 0.3) is 5.57 Å². The minimum absolute atomic E-state index is 0.156. The fourth-order valence-corrected chi connectivity index (χ4v) is 4.72. The molecular weight excluding hydrogens is 342 g/mol. The van der Waals surface area contributed by atoms with Crippen molar-refractivity contribution < 1.29 is 22.3 Å². The highest BCUT2D eigenvalue weighted by Crippen LogP contribution is 2.39. The van der Waals surface area contributed by atoms with Gasteiger partial charge in [-0.1, -0.05) is 11.6 Å². The van der Waals surface area contributed by atoms with Crippen LogP contribution in [-0.4, -0.2) is 39.0 Å². The van der Waals surface area contributed by atoms with Crippen molar-refractivity contribution in [2.75, 3.05) is 26.3 Å². The number of benzene rings is 1. The summed E-state index contributed by atoms with van der Waals surface area (Å²) in [5.41, 5.74) is 2.07. The number of sulfonamides is 1. The van der Waals surface area contributed by atoms with E-state index < -0.39 is 10.0 Å². The second kappa shape index (κ2) is 6.24. The molecule has 4 rings (SSSR count). The van der Waals surface area contributed by atoms with Crippen molar-refractivity contribution in [3.05, 3.63) is 47.9 Å². The lowest BCUT2D eigenvalue weighted by Crippen LogP contribution is -2.37. The van der Waals surface area contributed by atoms with Gasteiger partial charge in [-0.2, -0.15) is 4.31 Å². The van der Waals surface area contributed by atoms with Crippen molar-refractivity contribution in [3.8, 4) is 11.5 Å². The lowest BCUT2D eigenvalue weighted by molar-refractivity contribution is 0.166. The van der Waals surface area contributed by atoms with Crippen molar-refractivity contribution in [3.63, 3.8) is 0 Å². The summed E-state index contributed by atoms with van der Waals surface area (Å²) in [6.45, 7) is 3.50. The molecule has 0 amide bonds. The van der Waals surface area contributed by atoms with E-state index in [1.54, 1.807) is 24.5 Å². The molecule has 0 unspecified atom stereocenters. The molecule has 0 saturated heterocycles. The molecule has 1 aromatic carbocycles. The molecule has 0 fully saturated rings. The van der Waals surface area contributed by atoms with E-state index in [1.165, 1.54) is 4.31 Å². The van der Waals surface area contributed by atoms with Crippen LogP contribution < -0.4 is 9.47 Å². The monoisotopic (exact) mass is 361 g/mol. The fourth-order valence-electron chi connectivity index (χ4n) is 3.17. The van der Waals surface area contributed by atoms with Gasteiger partial charge in [-0.3, -0.25) is 0 Å². The first-order chi connectivity index (χ1) is 12.1. The Bertz CT molecular complexity index is 915. The highest BCUT2D eigenvalue weighted by molar-refractivity contribution is 7.89. The first-order valence-corrected chi connectivity index (χ1v) is 9.62. The van der Waals surface area contributed by atoms with Gasteiger partial charge in [0.2, 0.25) is 10.0 Å². The predicted octanol–water partition coefficient (Wildman–Crippen LogP) is 2.92. The molecule has 25 heavy (non-hydrogen) atoms. The average Bonchev–Trinajstić information content (AvgIpc) is 3.16. The molecule has 6 nitrogen and oxygen atoms in total. The van der Waals surface area contributed by atoms with Gasteiger partial charge in [0.1, 0.15) is 23.9 Å². The normalized spacial score (nSPS) is 18.4. The van der Waals surface area contributed by atoms with Crippen LogP contribution in [0.3, 0.4) is 0 Å².